The van der Waals surface area contributed by atoms with E-state index in [1.54, 1.807) is 17.6 Å². The van der Waals surface area contributed by atoms with Crippen molar-refractivity contribution >= 4 is 21.4 Å². The summed E-state index contributed by atoms with van der Waals surface area (Å²) in [6.07, 6.45) is 4.07. The number of sulfonamides is 1. The molecule has 6 nitrogen and oxygen atoms in total. The van der Waals surface area contributed by atoms with E-state index < -0.39 is 10.0 Å². The zero-order chi connectivity index (χ0) is 13.9. The SMILES string of the molecule is Cn1ccnc1CCNS(=O)(=O)c1cc(CN)cs1. The third-order valence-corrected chi connectivity index (χ3v) is 5.64. The fourth-order valence-corrected chi connectivity index (χ4v) is 3.91. The van der Waals surface area contributed by atoms with Gasteiger partial charge < -0.3 is 10.3 Å². The minimum absolute atomic E-state index is 0.299. The summed E-state index contributed by atoms with van der Waals surface area (Å²) in [5, 5.41) is 1.76. The second-order valence-electron chi connectivity index (χ2n) is 4.08. The van der Waals surface area contributed by atoms with Gasteiger partial charge in [-0.2, -0.15) is 0 Å². The van der Waals surface area contributed by atoms with Crippen LogP contribution >= 0.6 is 11.3 Å². The molecule has 19 heavy (non-hydrogen) atoms. The maximum Gasteiger partial charge on any atom is 0.250 e. The average Bonchev–Trinajstić information content (AvgIpc) is 2.99. The molecule has 0 aliphatic heterocycles. The lowest BCUT2D eigenvalue weighted by molar-refractivity contribution is 0.582. The first-order valence-corrected chi connectivity index (χ1v) is 8.12. The first-order valence-electron chi connectivity index (χ1n) is 5.76. The number of nitrogens with zero attached hydrogens (tertiary/aromatic N) is 2. The Bertz CT molecular complexity index is 645. The van der Waals surface area contributed by atoms with Crippen molar-refractivity contribution < 1.29 is 8.42 Å². The van der Waals surface area contributed by atoms with Gasteiger partial charge in [0.1, 0.15) is 10.0 Å². The molecule has 0 aromatic carbocycles. The van der Waals surface area contributed by atoms with Crippen LogP contribution in [0.3, 0.4) is 0 Å². The standard InChI is InChI=1S/C11H16N4O2S2/c1-15-5-4-13-10(15)2-3-14-19(16,17)11-6-9(7-12)8-18-11/h4-6,8,14H,2-3,7,12H2,1H3. The van der Waals surface area contributed by atoms with E-state index in [1.807, 2.05) is 17.8 Å². The van der Waals surface area contributed by atoms with Crippen LogP contribution in [0.4, 0.5) is 0 Å². The van der Waals surface area contributed by atoms with E-state index in [-0.39, 0.29) is 0 Å². The lowest BCUT2D eigenvalue weighted by Crippen LogP contribution is -2.26. The Kier molecular flexibility index (Phi) is 4.35. The zero-order valence-electron chi connectivity index (χ0n) is 10.5. The van der Waals surface area contributed by atoms with Crippen LogP contribution < -0.4 is 10.5 Å². The highest BCUT2D eigenvalue weighted by atomic mass is 32.2. The van der Waals surface area contributed by atoms with Gasteiger partial charge in [0.15, 0.2) is 0 Å². The van der Waals surface area contributed by atoms with E-state index in [0.717, 1.165) is 11.4 Å². The molecule has 0 aliphatic carbocycles. The predicted molar refractivity (Wildman–Crippen MR) is 74.3 cm³/mol. The van der Waals surface area contributed by atoms with Crippen molar-refractivity contribution in [2.45, 2.75) is 17.2 Å². The van der Waals surface area contributed by atoms with Gasteiger partial charge in [-0.3, -0.25) is 0 Å². The Morgan fingerprint density at radius 1 is 1.53 bits per heavy atom. The summed E-state index contributed by atoms with van der Waals surface area (Å²) in [7, 11) is -1.56. The monoisotopic (exact) mass is 300 g/mol. The molecule has 104 valence electrons. The molecule has 0 saturated heterocycles. The van der Waals surface area contributed by atoms with Gasteiger partial charge >= 0.3 is 0 Å². The van der Waals surface area contributed by atoms with Crippen molar-refractivity contribution in [3.63, 3.8) is 0 Å². The minimum Gasteiger partial charge on any atom is -0.338 e. The summed E-state index contributed by atoms with van der Waals surface area (Å²) >= 11 is 1.18. The van der Waals surface area contributed by atoms with Crippen LogP contribution in [0.5, 0.6) is 0 Å². The number of imidazole rings is 1. The lowest BCUT2D eigenvalue weighted by atomic mass is 10.4. The topological polar surface area (TPSA) is 90.0 Å². The summed E-state index contributed by atoms with van der Waals surface area (Å²) in [6.45, 7) is 0.669. The van der Waals surface area contributed by atoms with Crippen LogP contribution in [-0.4, -0.2) is 24.5 Å². The Balaban J connectivity index is 1.96. The van der Waals surface area contributed by atoms with Crippen LogP contribution in [0.1, 0.15) is 11.4 Å². The molecule has 0 unspecified atom stereocenters. The fourth-order valence-electron chi connectivity index (χ4n) is 1.61. The van der Waals surface area contributed by atoms with Crippen LogP contribution in [0.15, 0.2) is 28.0 Å². The Hall–Kier alpha value is -1.22. The van der Waals surface area contributed by atoms with Crippen LogP contribution in [-0.2, 0) is 30.0 Å². The number of rotatable bonds is 6. The van der Waals surface area contributed by atoms with Gasteiger partial charge in [-0.15, -0.1) is 11.3 Å². The van der Waals surface area contributed by atoms with Crippen LogP contribution in [0.2, 0.25) is 0 Å². The van der Waals surface area contributed by atoms with Crippen molar-refractivity contribution in [1.29, 1.82) is 0 Å². The summed E-state index contributed by atoms with van der Waals surface area (Å²) in [4.78, 5) is 4.14. The first kappa shape index (κ1) is 14.2. The minimum atomic E-state index is -3.44. The molecular formula is C11H16N4O2S2. The van der Waals surface area contributed by atoms with Gasteiger partial charge in [0.05, 0.1) is 0 Å². The molecule has 0 radical (unpaired) electrons. The smallest absolute Gasteiger partial charge is 0.250 e. The number of aromatic nitrogens is 2. The van der Waals surface area contributed by atoms with Crippen molar-refractivity contribution in [3.8, 4) is 0 Å². The highest BCUT2D eigenvalue weighted by molar-refractivity contribution is 7.91. The molecule has 2 aromatic rings. The summed E-state index contributed by atoms with van der Waals surface area (Å²) < 4.78 is 28.7. The van der Waals surface area contributed by atoms with E-state index >= 15 is 0 Å². The third kappa shape index (κ3) is 3.41. The highest BCUT2D eigenvalue weighted by Crippen LogP contribution is 2.19. The quantitative estimate of drug-likeness (QED) is 0.811. The maximum atomic E-state index is 12.0. The van der Waals surface area contributed by atoms with Crippen molar-refractivity contribution in [2.24, 2.45) is 12.8 Å². The summed E-state index contributed by atoms with van der Waals surface area (Å²) in [5.41, 5.74) is 6.30. The molecule has 0 atom stereocenters. The second kappa shape index (κ2) is 5.83. The van der Waals surface area contributed by atoms with Gasteiger partial charge in [0.25, 0.3) is 0 Å². The van der Waals surface area contributed by atoms with E-state index in [4.69, 9.17) is 5.73 Å². The number of nitrogens with one attached hydrogen (secondary N) is 1. The predicted octanol–water partition coefficient (Wildman–Crippen LogP) is 0.461. The van der Waals surface area contributed by atoms with Crippen molar-refractivity contribution in [1.82, 2.24) is 14.3 Å². The molecule has 0 aliphatic rings. The van der Waals surface area contributed by atoms with Crippen LogP contribution in [0.25, 0.3) is 0 Å². The van der Waals surface area contributed by atoms with Crippen molar-refractivity contribution in [2.75, 3.05) is 6.54 Å². The average molecular weight is 300 g/mol. The normalized spacial score (nSPS) is 11.9. The summed E-state index contributed by atoms with van der Waals surface area (Å²) in [6, 6.07) is 1.60. The Morgan fingerprint density at radius 2 is 2.32 bits per heavy atom. The van der Waals surface area contributed by atoms with E-state index in [0.29, 0.717) is 23.7 Å². The van der Waals surface area contributed by atoms with Gasteiger partial charge in [-0.1, -0.05) is 0 Å². The molecule has 2 heterocycles. The van der Waals surface area contributed by atoms with E-state index in [1.165, 1.54) is 11.3 Å². The number of aryl methyl sites for hydroxylation is 1. The Morgan fingerprint density at radius 3 is 2.89 bits per heavy atom. The van der Waals surface area contributed by atoms with Gasteiger partial charge in [0, 0.05) is 39.0 Å². The third-order valence-electron chi connectivity index (χ3n) is 2.69. The molecule has 2 rings (SSSR count). The highest BCUT2D eigenvalue weighted by Gasteiger charge is 2.16. The van der Waals surface area contributed by atoms with Gasteiger partial charge in [-0.25, -0.2) is 18.1 Å². The van der Waals surface area contributed by atoms with E-state index in [9.17, 15) is 8.42 Å². The molecule has 0 spiro atoms. The largest absolute Gasteiger partial charge is 0.338 e. The number of hydrogen-bond donors (Lipinski definition) is 2. The fraction of sp³-hybridized carbons (Fsp3) is 0.364. The van der Waals surface area contributed by atoms with E-state index in [2.05, 4.69) is 9.71 Å². The van der Waals surface area contributed by atoms with Gasteiger partial charge in [-0.05, 0) is 17.0 Å². The number of hydrogen-bond acceptors (Lipinski definition) is 5. The molecule has 8 heteroatoms. The lowest BCUT2D eigenvalue weighted by Gasteiger charge is -2.04. The number of thiophene rings is 1. The second-order valence-corrected chi connectivity index (χ2v) is 6.99. The van der Waals surface area contributed by atoms with Crippen LogP contribution in [0, 0.1) is 0 Å². The molecular weight excluding hydrogens is 284 g/mol. The van der Waals surface area contributed by atoms with Gasteiger partial charge in [0.2, 0.25) is 10.0 Å². The molecule has 0 saturated carbocycles. The Labute approximate surface area is 116 Å². The molecule has 3 N–H and O–H groups in total. The summed E-state index contributed by atoms with van der Waals surface area (Å²) in [5.74, 6) is 0.844. The zero-order valence-corrected chi connectivity index (χ0v) is 12.2. The molecule has 0 fully saturated rings. The first-order chi connectivity index (χ1) is 9.03. The molecule has 0 bridgehead atoms. The maximum absolute atomic E-state index is 12.0. The number of nitrogens with two attached hydrogens (primary N) is 1. The molecule has 0 amide bonds. The molecule has 2 aromatic heterocycles. The van der Waals surface area contributed by atoms with Crippen molar-refractivity contribution in [3.05, 3.63) is 35.2 Å².